The van der Waals surface area contributed by atoms with E-state index in [4.69, 9.17) is 0 Å². The second-order valence-electron chi connectivity index (χ2n) is 16.5. The van der Waals surface area contributed by atoms with E-state index in [1.165, 1.54) is 193 Å². The van der Waals surface area contributed by atoms with E-state index < -0.39 is 12.1 Å². The summed E-state index contributed by atoms with van der Waals surface area (Å²) in [5.74, 6) is -0.0792. The molecule has 0 fully saturated rings. The molecule has 0 aliphatic carbocycles. The van der Waals surface area contributed by atoms with E-state index in [-0.39, 0.29) is 12.5 Å². The highest BCUT2D eigenvalue weighted by atomic mass is 16.3. The Balaban J connectivity index is 3.58. The van der Waals surface area contributed by atoms with E-state index >= 15 is 0 Å². The van der Waals surface area contributed by atoms with E-state index in [2.05, 4.69) is 55.6 Å². The third-order valence-electron chi connectivity index (χ3n) is 11.0. The lowest BCUT2D eigenvalue weighted by Crippen LogP contribution is -2.45. The van der Waals surface area contributed by atoms with E-state index in [9.17, 15) is 15.0 Å². The highest BCUT2D eigenvalue weighted by Gasteiger charge is 2.17. The number of carbonyl (C=O) groups excluding carboxylic acids is 1. The average molecular weight is 770 g/mol. The molecule has 2 atom stereocenters. The van der Waals surface area contributed by atoms with Crippen LogP contribution in [0.2, 0.25) is 0 Å². The number of aliphatic hydroxyl groups excluding tert-OH is 2. The van der Waals surface area contributed by atoms with Crippen LogP contribution in [-0.4, -0.2) is 34.9 Å². The van der Waals surface area contributed by atoms with Crippen molar-refractivity contribution in [3.8, 4) is 0 Å². The standard InChI is InChI=1S/C51H95NO3/c1-3-5-7-9-11-13-15-17-19-21-23-24-25-26-27-28-29-31-33-35-37-39-41-43-45-47-51(55)52-49(48-53)50(54)46-44-42-40-38-36-34-32-30-22-20-18-16-14-12-10-8-6-4-2/h22,26-27,30,36,38,44,46,49-50,53-54H,3-21,23-25,28-29,31-35,37,39-43,45,47-48H2,1-2H3,(H,52,55)/b27-26-,30-22+,38-36+,46-44+. The Kier molecular flexibility index (Phi) is 45.3. The van der Waals surface area contributed by atoms with Gasteiger partial charge < -0.3 is 15.5 Å². The Morgan fingerprint density at radius 1 is 0.418 bits per heavy atom. The molecule has 3 N–H and O–H groups in total. The minimum atomic E-state index is -0.871. The summed E-state index contributed by atoms with van der Waals surface area (Å²) < 4.78 is 0. The van der Waals surface area contributed by atoms with Crippen LogP contribution >= 0.6 is 0 Å². The molecule has 0 saturated heterocycles. The van der Waals surface area contributed by atoms with Gasteiger partial charge in [-0.2, -0.15) is 0 Å². The topological polar surface area (TPSA) is 69.6 Å². The van der Waals surface area contributed by atoms with Crippen molar-refractivity contribution in [2.75, 3.05) is 6.61 Å². The minimum absolute atomic E-state index is 0.0792. The molecule has 0 saturated carbocycles. The van der Waals surface area contributed by atoms with Crippen LogP contribution in [-0.2, 0) is 4.79 Å². The fourth-order valence-corrected chi connectivity index (χ4v) is 7.26. The van der Waals surface area contributed by atoms with Crippen molar-refractivity contribution in [3.05, 3.63) is 48.6 Å². The van der Waals surface area contributed by atoms with Gasteiger partial charge in [-0.3, -0.25) is 4.79 Å². The van der Waals surface area contributed by atoms with Gasteiger partial charge in [-0.25, -0.2) is 0 Å². The summed E-state index contributed by atoms with van der Waals surface area (Å²) in [5, 5.41) is 23.0. The molecule has 0 aliphatic rings. The first-order chi connectivity index (χ1) is 27.2. The number of rotatable bonds is 44. The zero-order chi connectivity index (χ0) is 40.0. The highest BCUT2D eigenvalue weighted by Crippen LogP contribution is 2.15. The summed E-state index contributed by atoms with van der Waals surface area (Å²) in [6, 6.07) is -0.647. The van der Waals surface area contributed by atoms with Crippen molar-refractivity contribution < 1.29 is 15.0 Å². The summed E-state index contributed by atoms with van der Waals surface area (Å²) in [5.41, 5.74) is 0. The van der Waals surface area contributed by atoms with Gasteiger partial charge >= 0.3 is 0 Å². The second kappa shape index (κ2) is 46.7. The molecule has 0 rings (SSSR count). The van der Waals surface area contributed by atoms with Gasteiger partial charge in [0.2, 0.25) is 5.91 Å². The van der Waals surface area contributed by atoms with Crippen molar-refractivity contribution >= 4 is 5.91 Å². The molecule has 0 aromatic carbocycles. The molecule has 0 radical (unpaired) electrons. The minimum Gasteiger partial charge on any atom is -0.394 e. The van der Waals surface area contributed by atoms with Gasteiger partial charge in [-0.1, -0.05) is 223 Å². The van der Waals surface area contributed by atoms with Gasteiger partial charge in [-0.05, 0) is 70.6 Å². The molecular formula is C51H95NO3. The van der Waals surface area contributed by atoms with Crippen LogP contribution in [0.4, 0.5) is 0 Å². The van der Waals surface area contributed by atoms with Crippen molar-refractivity contribution in [2.24, 2.45) is 0 Å². The Morgan fingerprint density at radius 3 is 1.05 bits per heavy atom. The number of nitrogens with one attached hydrogen (secondary N) is 1. The number of unbranched alkanes of at least 4 members (excludes halogenated alkanes) is 31. The molecule has 0 spiro atoms. The van der Waals surface area contributed by atoms with Crippen molar-refractivity contribution in [3.63, 3.8) is 0 Å². The molecule has 1 amide bonds. The Hall–Kier alpha value is -1.65. The first kappa shape index (κ1) is 53.4. The van der Waals surface area contributed by atoms with E-state index in [1.807, 2.05) is 6.08 Å². The van der Waals surface area contributed by atoms with Gasteiger partial charge in [-0.15, -0.1) is 0 Å². The second-order valence-corrected chi connectivity index (χ2v) is 16.5. The first-order valence-corrected chi connectivity index (χ1v) is 24.4. The van der Waals surface area contributed by atoms with Crippen LogP contribution in [0.1, 0.15) is 251 Å². The average Bonchev–Trinajstić information content (AvgIpc) is 3.19. The number of aliphatic hydroxyl groups is 2. The maximum absolute atomic E-state index is 12.4. The summed E-state index contributed by atoms with van der Waals surface area (Å²) in [7, 11) is 0. The van der Waals surface area contributed by atoms with Gasteiger partial charge in [0.1, 0.15) is 0 Å². The van der Waals surface area contributed by atoms with Crippen molar-refractivity contribution in [1.29, 1.82) is 0 Å². The van der Waals surface area contributed by atoms with Crippen LogP contribution in [0.5, 0.6) is 0 Å². The molecule has 0 heterocycles. The highest BCUT2D eigenvalue weighted by molar-refractivity contribution is 5.76. The number of amides is 1. The smallest absolute Gasteiger partial charge is 0.220 e. The molecule has 55 heavy (non-hydrogen) atoms. The van der Waals surface area contributed by atoms with Gasteiger partial charge in [0.15, 0.2) is 0 Å². The van der Waals surface area contributed by atoms with Crippen LogP contribution in [0.25, 0.3) is 0 Å². The SMILES string of the molecule is CCCCCCCCCC/C=C/CC/C=C/CC/C=C/C(O)C(CO)NC(=O)CCCCCCCCCCC/C=C\CCCCCCCCCCCCCC. The van der Waals surface area contributed by atoms with Crippen molar-refractivity contribution in [2.45, 2.75) is 264 Å². The molecule has 322 valence electrons. The molecular weight excluding hydrogens is 675 g/mol. The van der Waals surface area contributed by atoms with Gasteiger partial charge in [0.25, 0.3) is 0 Å². The monoisotopic (exact) mass is 770 g/mol. The predicted molar refractivity (Wildman–Crippen MR) is 244 cm³/mol. The number of carbonyl (C=O) groups is 1. The van der Waals surface area contributed by atoms with Crippen LogP contribution in [0, 0.1) is 0 Å². The molecule has 0 aliphatic heterocycles. The maximum Gasteiger partial charge on any atom is 0.220 e. The number of allylic oxidation sites excluding steroid dienone is 7. The third-order valence-corrected chi connectivity index (χ3v) is 11.0. The zero-order valence-electron chi connectivity index (χ0n) is 36.9. The number of hydrogen-bond donors (Lipinski definition) is 3. The molecule has 0 aromatic heterocycles. The fraction of sp³-hybridized carbons (Fsp3) is 0.824. The molecule has 0 aromatic rings. The lowest BCUT2D eigenvalue weighted by molar-refractivity contribution is -0.123. The number of hydrogen-bond acceptors (Lipinski definition) is 3. The lowest BCUT2D eigenvalue weighted by Gasteiger charge is -2.19. The predicted octanol–water partition coefficient (Wildman–Crippen LogP) is 15.5. The molecule has 0 bridgehead atoms. The Labute approximate surface area is 344 Å². The molecule has 2 unspecified atom stereocenters. The van der Waals surface area contributed by atoms with Crippen LogP contribution < -0.4 is 5.32 Å². The van der Waals surface area contributed by atoms with E-state index in [0.717, 1.165) is 38.5 Å². The van der Waals surface area contributed by atoms with Crippen molar-refractivity contribution in [1.82, 2.24) is 5.32 Å². The summed E-state index contributed by atoms with van der Waals surface area (Å²) in [6.07, 6.45) is 63.8. The van der Waals surface area contributed by atoms with E-state index in [0.29, 0.717) is 6.42 Å². The third kappa shape index (κ3) is 43.3. The zero-order valence-corrected chi connectivity index (χ0v) is 36.9. The van der Waals surface area contributed by atoms with Gasteiger partial charge in [0, 0.05) is 6.42 Å². The Bertz CT molecular complexity index is 877. The van der Waals surface area contributed by atoms with Gasteiger partial charge in [0.05, 0.1) is 18.8 Å². The van der Waals surface area contributed by atoms with Crippen LogP contribution in [0.15, 0.2) is 48.6 Å². The fourth-order valence-electron chi connectivity index (χ4n) is 7.26. The first-order valence-electron chi connectivity index (χ1n) is 24.4. The lowest BCUT2D eigenvalue weighted by atomic mass is 10.0. The summed E-state index contributed by atoms with van der Waals surface area (Å²) in [6.45, 7) is 4.30. The summed E-state index contributed by atoms with van der Waals surface area (Å²) in [4.78, 5) is 12.4. The van der Waals surface area contributed by atoms with E-state index in [1.54, 1.807) is 6.08 Å². The largest absolute Gasteiger partial charge is 0.394 e. The molecule has 4 heteroatoms. The van der Waals surface area contributed by atoms with Crippen LogP contribution in [0.3, 0.4) is 0 Å². The molecule has 4 nitrogen and oxygen atoms in total. The normalized spacial score (nSPS) is 13.3. The maximum atomic E-state index is 12.4. The quantitative estimate of drug-likeness (QED) is 0.0427. The Morgan fingerprint density at radius 2 is 0.709 bits per heavy atom. The summed E-state index contributed by atoms with van der Waals surface area (Å²) >= 11 is 0.